The monoisotopic (exact) mass is 1110 g/mol. The fourth-order valence-corrected chi connectivity index (χ4v) is 10.1. The fraction of sp³-hybridized carbons (Fsp3) is 0.0667. The summed E-state index contributed by atoms with van der Waals surface area (Å²) in [7, 11) is 0. The van der Waals surface area contributed by atoms with Crippen molar-refractivity contribution in [2.75, 3.05) is 0 Å². The van der Waals surface area contributed by atoms with Crippen molar-refractivity contribution < 1.29 is 20.4 Å². The molecule has 24 heteroatoms. The number of rotatable bonds is 8. The zero-order valence-corrected chi connectivity index (χ0v) is 43.5. The minimum Gasteiger partial charge on any atom is -0.507 e. The number of fused-ring (bicyclic) bond motifs is 8. The summed E-state index contributed by atoms with van der Waals surface area (Å²) >= 11 is 0. The molecule has 8 N–H and O–H groups in total. The second-order valence-electron chi connectivity index (χ2n) is 19.5. The number of hydrogen-bond donors (Lipinski definition) is 8. The second-order valence-corrected chi connectivity index (χ2v) is 19.5. The number of hydrogen-bond acceptors (Lipinski definition) is 20. The van der Waals surface area contributed by atoms with Crippen LogP contribution in [0.25, 0.3) is 91.1 Å². The number of pyridine rings is 4. The number of aromatic hydroxyl groups is 4. The van der Waals surface area contributed by atoms with Crippen molar-refractivity contribution in [3.8, 4) is 114 Å². The predicted octanol–water partition coefficient (Wildman–Crippen LogP) is 6.01. The smallest absolute Gasteiger partial charge is 0.300 e. The SMILES string of the molecule is O=c1nc(-c2ccccn2)[nH]nc1-c1cc2c(O)c(c1)Cc1cc(-c3n[nH]c(-c4ccccn4)nc3=O)cc(c1O)Cc1cc(-c3n[nH]c(-c4ccccn4)nc3=O)cc(c1O)Cc1cc(-c3n[nH]c(-c4ccccn4)nc3=O)cc(c1O)C2. The molecular formula is C60H40N16O8. The van der Waals surface area contributed by atoms with Gasteiger partial charge < -0.3 is 20.4 Å². The maximum absolute atomic E-state index is 14.1. The Hall–Kier alpha value is -12.1. The zero-order valence-electron chi connectivity index (χ0n) is 43.5. The van der Waals surface area contributed by atoms with E-state index >= 15 is 0 Å². The second kappa shape index (κ2) is 21.2. The number of H-pyrrole nitrogens is 4. The minimum atomic E-state index is -0.755. The molecule has 1 aliphatic carbocycles. The van der Waals surface area contributed by atoms with E-state index < -0.39 is 22.2 Å². The van der Waals surface area contributed by atoms with Crippen LogP contribution >= 0.6 is 0 Å². The van der Waals surface area contributed by atoms with Crippen LogP contribution in [-0.4, -0.2) is 101 Å². The lowest BCUT2D eigenvalue weighted by Gasteiger charge is -2.20. The Labute approximate surface area is 471 Å². The van der Waals surface area contributed by atoms with Gasteiger partial charge in [-0.25, -0.2) is 0 Å². The topological polar surface area (TPSA) is 367 Å². The van der Waals surface area contributed by atoms with E-state index in [4.69, 9.17) is 0 Å². The molecule has 0 radical (unpaired) electrons. The van der Waals surface area contributed by atoms with Crippen LogP contribution in [0.5, 0.6) is 23.0 Å². The van der Waals surface area contributed by atoms with Crippen LogP contribution in [0.1, 0.15) is 44.5 Å². The number of aromatic nitrogens is 16. The largest absolute Gasteiger partial charge is 0.507 e. The van der Waals surface area contributed by atoms with Crippen LogP contribution < -0.4 is 22.2 Å². The minimum absolute atomic E-state index is 0.0899. The molecule has 8 bridgehead atoms. The Morgan fingerprint density at radius 1 is 0.298 bits per heavy atom. The Morgan fingerprint density at radius 2 is 0.500 bits per heavy atom. The summed E-state index contributed by atoms with van der Waals surface area (Å²) in [6, 6.07) is 32.3. The van der Waals surface area contributed by atoms with Gasteiger partial charge in [-0.2, -0.15) is 40.3 Å². The molecule has 13 rings (SSSR count). The Morgan fingerprint density at radius 3 is 0.667 bits per heavy atom. The van der Waals surface area contributed by atoms with Gasteiger partial charge in [0.2, 0.25) is 0 Å². The predicted molar refractivity (Wildman–Crippen MR) is 303 cm³/mol. The van der Waals surface area contributed by atoms with Gasteiger partial charge in [0, 0.05) is 72.7 Å². The molecule has 1 aliphatic rings. The molecule has 8 aromatic heterocycles. The number of benzene rings is 4. The average Bonchev–Trinajstić information content (AvgIpc) is 2.41. The summed E-state index contributed by atoms with van der Waals surface area (Å²) in [4.78, 5) is 90.3. The summed E-state index contributed by atoms with van der Waals surface area (Å²) in [6.45, 7) is 0. The van der Waals surface area contributed by atoms with Gasteiger partial charge in [0.05, 0.1) is 0 Å². The first-order valence-corrected chi connectivity index (χ1v) is 25.8. The molecule has 12 aromatic rings. The molecule has 84 heavy (non-hydrogen) atoms. The van der Waals surface area contributed by atoms with Crippen molar-refractivity contribution in [2.24, 2.45) is 0 Å². The number of nitrogens with one attached hydrogen (secondary N) is 4. The Balaban J connectivity index is 1.03. The molecule has 0 unspecified atom stereocenters. The van der Waals surface area contributed by atoms with E-state index in [2.05, 4.69) is 80.7 Å². The van der Waals surface area contributed by atoms with Crippen LogP contribution in [0.15, 0.2) is 165 Å². The molecule has 0 fully saturated rings. The zero-order chi connectivity index (χ0) is 57.6. The highest BCUT2D eigenvalue weighted by Gasteiger charge is 2.26. The molecule has 0 aliphatic heterocycles. The van der Waals surface area contributed by atoms with Crippen molar-refractivity contribution >= 4 is 0 Å². The summed E-state index contributed by atoms with van der Waals surface area (Å²) in [6.07, 6.45) is 4.99. The standard InChI is InChI=1S/C60H40N16O8/c77-49-33-17-29(45-57(81)65-53(73-69-45)41-9-1-5-13-61-41)18-34(49)26-36-20-31(47-59(83)67-55(75-71-47)43-11-3-7-15-63-43)22-38(51(36)79)28-40-24-32(48-60(84)68-56(76-72-48)44-12-4-8-16-64-44)23-39(52(40)80)27-37-21-30(19-35(25-33)50(37)78)46-58(82)66-54(74-70-46)42-10-2-6-14-62-42/h1-24,77-80H,25-28H2,(H,65,73,81)(H,66,74,82)(H,67,75,83)(H,68,76,84). The molecule has 24 nitrogen and oxygen atoms in total. The van der Waals surface area contributed by atoms with Crippen molar-refractivity contribution in [1.29, 1.82) is 0 Å². The fourth-order valence-electron chi connectivity index (χ4n) is 10.1. The summed E-state index contributed by atoms with van der Waals surface area (Å²) in [5.41, 5.74) is -0.484. The number of phenolic OH excluding ortho intramolecular Hbond substituents is 4. The lowest BCUT2D eigenvalue weighted by atomic mass is 9.87. The molecule has 408 valence electrons. The molecule has 0 atom stereocenters. The van der Waals surface area contributed by atoms with Crippen molar-refractivity contribution in [3.05, 3.63) is 232 Å². The Bertz CT molecular complexity index is 4130. The van der Waals surface area contributed by atoms with E-state index in [1.807, 2.05) is 0 Å². The highest BCUT2D eigenvalue weighted by molar-refractivity contribution is 5.72. The van der Waals surface area contributed by atoms with Crippen LogP contribution in [0.3, 0.4) is 0 Å². The molecule has 4 aromatic carbocycles. The first kappa shape index (κ1) is 51.4. The number of aromatic amines is 4. The number of nitrogens with zero attached hydrogens (tertiary/aromatic N) is 12. The van der Waals surface area contributed by atoms with Crippen LogP contribution in [0.4, 0.5) is 0 Å². The summed E-state index contributed by atoms with van der Waals surface area (Å²) in [5, 5.41) is 79.1. The van der Waals surface area contributed by atoms with Gasteiger partial charge in [0.15, 0.2) is 46.1 Å². The first-order valence-electron chi connectivity index (χ1n) is 25.8. The van der Waals surface area contributed by atoms with Gasteiger partial charge in [-0.05, 0) is 142 Å². The van der Waals surface area contributed by atoms with Gasteiger partial charge in [0.1, 0.15) is 45.8 Å². The van der Waals surface area contributed by atoms with Crippen LogP contribution in [0.2, 0.25) is 0 Å². The lowest BCUT2D eigenvalue weighted by molar-refractivity contribution is 0.450. The molecule has 0 saturated carbocycles. The maximum atomic E-state index is 14.1. The third-order valence-electron chi connectivity index (χ3n) is 14.1. The van der Waals surface area contributed by atoms with Crippen molar-refractivity contribution in [3.63, 3.8) is 0 Å². The van der Waals surface area contributed by atoms with Crippen molar-refractivity contribution in [1.82, 2.24) is 80.7 Å². The summed E-state index contributed by atoms with van der Waals surface area (Å²) < 4.78 is 0. The van der Waals surface area contributed by atoms with E-state index in [1.54, 1.807) is 72.8 Å². The van der Waals surface area contributed by atoms with Gasteiger partial charge in [-0.1, -0.05) is 24.3 Å². The van der Waals surface area contributed by atoms with Crippen molar-refractivity contribution in [2.45, 2.75) is 25.7 Å². The lowest BCUT2D eigenvalue weighted by Crippen LogP contribution is -2.16. The van der Waals surface area contributed by atoms with E-state index in [1.165, 1.54) is 73.3 Å². The van der Waals surface area contributed by atoms with E-state index in [-0.39, 0.29) is 162 Å². The molecular weight excluding hydrogens is 1070 g/mol. The van der Waals surface area contributed by atoms with Crippen LogP contribution in [-0.2, 0) is 25.7 Å². The molecule has 0 saturated heterocycles. The third kappa shape index (κ3) is 9.82. The van der Waals surface area contributed by atoms with Gasteiger partial charge in [-0.15, -0.1) is 0 Å². The molecule has 8 heterocycles. The van der Waals surface area contributed by atoms with E-state index in [0.29, 0.717) is 22.8 Å². The van der Waals surface area contributed by atoms with Crippen LogP contribution in [0, 0.1) is 0 Å². The molecule has 0 amide bonds. The number of phenols is 4. The summed E-state index contributed by atoms with van der Waals surface area (Å²) in [5.74, 6) is -0.916. The maximum Gasteiger partial charge on any atom is 0.300 e. The average molecular weight is 1110 g/mol. The first-order chi connectivity index (χ1) is 40.9. The quantitative estimate of drug-likeness (QED) is 0.0862. The highest BCUT2D eigenvalue weighted by Crippen LogP contribution is 2.42. The van der Waals surface area contributed by atoms with Gasteiger partial charge >= 0.3 is 0 Å². The normalized spacial score (nSPS) is 12.0. The van der Waals surface area contributed by atoms with Gasteiger partial charge in [0.25, 0.3) is 22.2 Å². The highest BCUT2D eigenvalue weighted by atomic mass is 16.3. The van der Waals surface area contributed by atoms with E-state index in [9.17, 15) is 39.6 Å². The Kier molecular flexibility index (Phi) is 13.0. The van der Waals surface area contributed by atoms with Gasteiger partial charge in [-0.3, -0.25) is 59.5 Å². The third-order valence-corrected chi connectivity index (χ3v) is 14.1. The van der Waals surface area contributed by atoms with E-state index in [0.717, 1.165) is 0 Å². The molecule has 0 spiro atoms.